The summed E-state index contributed by atoms with van der Waals surface area (Å²) in [4.78, 5) is 0.241. The highest BCUT2D eigenvalue weighted by Crippen LogP contribution is 2.21. The quantitative estimate of drug-likeness (QED) is 0.740. The summed E-state index contributed by atoms with van der Waals surface area (Å²) in [6.45, 7) is 1.96. The van der Waals surface area contributed by atoms with Gasteiger partial charge in [0.2, 0.25) is 11.8 Å². The van der Waals surface area contributed by atoms with Gasteiger partial charge in [-0.3, -0.25) is 0 Å². The van der Waals surface area contributed by atoms with E-state index in [-0.39, 0.29) is 16.5 Å². The summed E-state index contributed by atoms with van der Waals surface area (Å²) in [5.74, 6) is 0.0952. The van der Waals surface area contributed by atoms with Crippen molar-refractivity contribution in [1.82, 2.24) is 10.2 Å². The van der Waals surface area contributed by atoms with Crippen LogP contribution in [-0.4, -0.2) is 18.6 Å². The second-order valence-corrected chi connectivity index (χ2v) is 6.93. The van der Waals surface area contributed by atoms with Crippen molar-refractivity contribution in [1.29, 1.82) is 0 Å². The van der Waals surface area contributed by atoms with Crippen LogP contribution in [0.5, 0.6) is 0 Å². The molecule has 3 rings (SSSR count). The largest absolute Gasteiger partial charge is 0.420 e. The third kappa shape index (κ3) is 3.07. The molecule has 2 aromatic carbocycles. The van der Waals surface area contributed by atoms with E-state index in [1.54, 1.807) is 30.3 Å². The molecule has 0 aliphatic rings. The van der Waals surface area contributed by atoms with E-state index >= 15 is 0 Å². The average molecular weight is 314 g/mol. The van der Waals surface area contributed by atoms with E-state index in [4.69, 9.17) is 4.42 Å². The molecule has 0 N–H and O–H groups in total. The van der Waals surface area contributed by atoms with Gasteiger partial charge in [0.15, 0.2) is 9.84 Å². The van der Waals surface area contributed by atoms with E-state index in [1.165, 1.54) is 0 Å². The summed E-state index contributed by atoms with van der Waals surface area (Å²) in [6.07, 6.45) is 0. The van der Waals surface area contributed by atoms with E-state index in [0.717, 1.165) is 11.1 Å². The minimum Gasteiger partial charge on any atom is -0.420 e. The van der Waals surface area contributed by atoms with Crippen molar-refractivity contribution >= 4 is 9.84 Å². The lowest BCUT2D eigenvalue weighted by atomic mass is 10.1. The van der Waals surface area contributed by atoms with E-state index in [2.05, 4.69) is 10.2 Å². The van der Waals surface area contributed by atoms with E-state index in [9.17, 15) is 8.42 Å². The molecule has 22 heavy (non-hydrogen) atoms. The number of nitrogens with zero attached hydrogens (tertiary/aromatic N) is 2. The van der Waals surface area contributed by atoms with Crippen LogP contribution in [0.15, 0.2) is 63.9 Å². The molecule has 0 fully saturated rings. The minimum absolute atomic E-state index is 0.0837. The maximum absolute atomic E-state index is 12.3. The van der Waals surface area contributed by atoms with Gasteiger partial charge in [-0.2, -0.15) is 0 Å². The third-order valence-corrected chi connectivity index (χ3v) is 4.77. The van der Waals surface area contributed by atoms with Crippen LogP contribution in [0.1, 0.15) is 11.5 Å². The lowest BCUT2D eigenvalue weighted by Crippen LogP contribution is -2.04. The normalized spacial score (nSPS) is 11.5. The van der Waals surface area contributed by atoms with Crippen molar-refractivity contribution < 1.29 is 12.8 Å². The first-order chi connectivity index (χ1) is 10.5. The van der Waals surface area contributed by atoms with Crippen molar-refractivity contribution in [3.05, 3.63) is 66.1 Å². The lowest BCUT2D eigenvalue weighted by Gasteiger charge is -2.00. The maximum atomic E-state index is 12.3. The highest BCUT2D eigenvalue weighted by atomic mass is 32.2. The Morgan fingerprint density at radius 3 is 2.50 bits per heavy atom. The first kappa shape index (κ1) is 14.5. The Morgan fingerprint density at radius 1 is 1.00 bits per heavy atom. The second-order valence-electron chi connectivity index (χ2n) is 4.94. The predicted octanol–water partition coefficient (Wildman–Crippen LogP) is 3.02. The summed E-state index contributed by atoms with van der Waals surface area (Å²) < 4.78 is 30.0. The van der Waals surface area contributed by atoms with Crippen molar-refractivity contribution in [3.63, 3.8) is 0 Å². The van der Waals surface area contributed by atoms with Gasteiger partial charge in [-0.05, 0) is 31.2 Å². The molecular formula is C16H14N2O3S. The van der Waals surface area contributed by atoms with Crippen LogP contribution in [-0.2, 0) is 15.6 Å². The average Bonchev–Trinajstić information content (AvgIpc) is 2.96. The second kappa shape index (κ2) is 5.73. The van der Waals surface area contributed by atoms with Crippen molar-refractivity contribution in [3.8, 4) is 11.5 Å². The van der Waals surface area contributed by atoms with Crippen LogP contribution in [0.25, 0.3) is 11.5 Å². The molecule has 5 nitrogen and oxygen atoms in total. The summed E-state index contributed by atoms with van der Waals surface area (Å²) in [5.41, 5.74) is 1.84. The minimum atomic E-state index is -3.49. The third-order valence-electron chi connectivity index (χ3n) is 3.15. The first-order valence-electron chi connectivity index (χ1n) is 6.72. The Labute approximate surface area is 128 Å². The highest BCUT2D eigenvalue weighted by molar-refractivity contribution is 7.90. The van der Waals surface area contributed by atoms with Crippen LogP contribution in [0.4, 0.5) is 0 Å². The molecule has 0 saturated heterocycles. The van der Waals surface area contributed by atoms with E-state index in [1.807, 2.05) is 31.2 Å². The number of rotatable bonds is 4. The predicted molar refractivity (Wildman–Crippen MR) is 81.8 cm³/mol. The van der Waals surface area contributed by atoms with Gasteiger partial charge in [0.25, 0.3) is 0 Å². The zero-order valence-corrected chi connectivity index (χ0v) is 12.7. The fraction of sp³-hybridized carbons (Fsp3) is 0.125. The molecular weight excluding hydrogens is 300 g/mol. The molecule has 1 heterocycles. The molecule has 0 aliphatic carbocycles. The molecule has 0 unspecified atom stereocenters. The van der Waals surface area contributed by atoms with Crippen molar-refractivity contribution in [2.24, 2.45) is 0 Å². The van der Waals surface area contributed by atoms with Gasteiger partial charge in [-0.15, -0.1) is 10.2 Å². The van der Waals surface area contributed by atoms with E-state index in [0.29, 0.717) is 5.89 Å². The Balaban J connectivity index is 1.86. The molecule has 1 aromatic heterocycles. The van der Waals surface area contributed by atoms with Crippen LogP contribution in [0.3, 0.4) is 0 Å². The Hall–Kier alpha value is -2.47. The van der Waals surface area contributed by atoms with Crippen LogP contribution >= 0.6 is 0 Å². The molecule has 3 aromatic rings. The summed E-state index contributed by atoms with van der Waals surface area (Å²) >= 11 is 0. The number of hydrogen-bond donors (Lipinski definition) is 0. The Morgan fingerprint density at radius 2 is 1.77 bits per heavy atom. The molecule has 6 heteroatoms. The molecule has 0 saturated carbocycles. The van der Waals surface area contributed by atoms with Gasteiger partial charge in [0.05, 0.1) is 4.90 Å². The smallest absolute Gasteiger partial charge is 0.247 e. The SMILES string of the molecule is Cc1cccc(-c2nnc(CS(=O)(=O)c3ccccc3)o2)c1. The fourth-order valence-corrected chi connectivity index (χ4v) is 3.26. The summed E-state index contributed by atoms with van der Waals surface area (Å²) in [7, 11) is -3.49. The van der Waals surface area contributed by atoms with Crippen LogP contribution < -0.4 is 0 Å². The fourth-order valence-electron chi connectivity index (χ4n) is 2.08. The number of aryl methyl sites for hydroxylation is 1. The monoisotopic (exact) mass is 314 g/mol. The molecule has 0 radical (unpaired) electrons. The molecule has 0 spiro atoms. The summed E-state index contributed by atoms with van der Waals surface area (Å²) in [6, 6.07) is 15.8. The van der Waals surface area contributed by atoms with Crippen LogP contribution in [0, 0.1) is 6.92 Å². The maximum Gasteiger partial charge on any atom is 0.247 e. The van der Waals surface area contributed by atoms with Gasteiger partial charge in [0.1, 0.15) is 5.75 Å². The van der Waals surface area contributed by atoms with Gasteiger partial charge >= 0.3 is 0 Å². The molecule has 112 valence electrons. The Bertz CT molecular complexity index is 887. The summed E-state index contributed by atoms with van der Waals surface area (Å²) in [5, 5.41) is 7.76. The Kier molecular flexibility index (Phi) is 3.77. The molecule has 0 aliphatic heterocycles. The van der Waals surface area contributed by atoms with Crippen LogP contribution in [0.2, 0.25) is 0 Å². The van der Waals surface area contributed by atoms with Gasteiger partial charge in [-0.25, -0.2) is 8.42 Å². The molecule has 0 atom stereocenters. The van der Waals surface area contributed by atoms with Gasteiger partial charge in [-0.1, -0.05) is 35.9 Å². The van der Waals surface area contributed by atoms with Crippen molar-refractivity contribution in [2.75, 3.05) is 0 Å². The van der Waals surface area contributed by atoms with Gasteiger partial charge < -0.3 is 4.42 Å². The zero-order chi connectivity index (χ0) is 15.6. The van der Waals surface area contributed by atoms with Crippen molar-refractivity contribution in [2.45, 2.75) is 17.6 Å². The number of sulfone groups is 1. The lowest BCUT2D eigenvalue weighted by molar-refractivity contribution is 0.518. The highest BCUT2D eigenvalue weighted by Gasteiger charge is 2.19. The first-order valence-corrected chi connectivity index (χ1v) is 8.37. The zero-order valence-electron chi connectivity index (χ0n) is 11.9. The number of aromatic nitrogens is 2. The van der Waals surface area contributed by atoms with Gasteiger partial charge in [0, 0.05) is 5.56 Å². The molecule has 0 bridgehead atoms. The van der Waals surface area contributed by atoms with E-state index < -0.39 is 9.84 Å². The standard InChI is InChI=1S/C16H14N2O3S/c1-12-6-5-7-13(10-12)16-18-17-15(21-16)11-22(19,20)14-8-3-2-4-9-14/h2-10H,11H2,1H3. The number of benzene rings is 2. The molecule has 0 amide bonds. The topological polar surface area (TPSA) is 73.1 Å². The number of hydrogen-bond acceptors (Lipinski definition) is 5.